The lowest BCUT2D eigenvalue weighted by atomic mass is 10.1. The molecule has 1 fully saturated rings. The minimum Gasteiger partial charge on any atom is -0.506 e. The normalized spacial score (nSPS) is 24.2. The maximum absolute atomic E-state index is 10.1. The Hall–Kier alpha value is -0.100. The number of phenolic OH excluding ortho intramolecular Hbond substituents is 1. The summed E-state index contributed by atoms with van der Waals surface area (Å²) in [6.45, 7) is 0.694. The number of rotatable bonds is 3. The van der Waals surface area contributed by atoms with Gasteiger partial charge in [0, 0.05) is 12.6 Å². The summed E-state index contributed by atoms with van der Waals surface area (Å²) in [5, 5.41) is 23.2. The maximum Gasteiger partial charge on any atom is 0.143 e. The van der Waals surface area contributed by atoms with E-state index in [4.69, 9.17) is 0 Å². The van der Waals surface area contributed by atoms with Gasteiger partial charge in [-0.1, -0.05) is 19.3 Å². The Labute approximate surface area is 130 Å². The minimum atomic E-state index is -0.244. The predicted molar refractivity (Wildman–Crippen MR) is 83.2 cm³/mol. The molecule has 1 aromatic rings. The van der Waals surface area contributed by atoms with E-state index in [0.29, 0.717) is 15.5 Å². The molecular formula is C14H19Br2NO2. The van der Waals surface area contributed by atoms with Crippen LogP contribution in [0, 0.1) is 0 Å². The van der Waals surface area contributed by atoms with Crippen molar-refractivity contribution in [3.63, 3.8) is 0 Å². The zero-order valence-electron chi connectivity index (χ0n) is 10.7. The van der Waals surface area contributed by atoms with Crippen LogP contribution in [0.4, 0.5) is 0 Å². The third-order valence-electron chi connectivity index (χ3n) is 3.62. The van der Waals surface area contributed by atoms with Gasteiger partial charge >= 0.3 is 0 Å². The van der Waals surface area contributed by atoms with E-state index in [1.54, 1.807) is 0 Å². The lowest BCUT2D eigenvalue weighted by Crippen LogP contribution is -2.38. The fourth-order valence-corrected chi connectivity index (χ4v) is 3.78. The van der Waals surface area contributed by atoms with Gasteiger partial charge in [-0.15, -0.1) is 0 Å². The highest BCUT2D eigenvalue weighted by atomic mass is 79.9. The lowest BCUT2D eigenvalue weighted by molar-refractivity contribution is 0.119. The monoisotopic (exact) mass is 391 g/mol. The van der Waals surface area contributed by atoms with E-state index in [1.165, 1.54) is 12.8 Å². The zero-order chi connectivity index (χ0) is 13.8. The largest absolute Gasteiger partial charge is 0.506 e. The van der Waals surface area contributed by atoms with Gasteiger partial charge in [-0.3, -0.25) is 0 Å². The fourth-order valence-electron chi connectivity index (χ4n) is 2.50. The van der Waals surface area contributed by atoms with E-state index < -0.39 is 0 Å². The summed E-state index contributed by atoms with van der Waals surface area (Å²) >= 11 is 6.66. The second kappa shape index (κ2) is 7.07. The number of halogens is 2. The first-order chi connectivity index (χ1) is 9.08. The Morgan fingerprint density at radius 3 is 2.42 bits per heavy atom. The smallest absolute Gasteiger partial charge is 0.143 e. The number of hydrogen-bond acceptors (Lipinski definition) is 3. The predicted octanol–water partition coefficient (Wildman–Crippen LogP) is 3.70. The number of benzene rings is 1. The molecular weight excluding hydrogens is 374 g/mol. The molecule has 0 heterocycles. The van der Waals surface area contributed by atoms with Crippen LogP contribution in [0.15, 0.2) is 21.1 Å². The van der Waals surface area contributed by atoms with Crippen molar-refractivity contribution in [1.82, 2.24) is 5.32 Å². The second-order valence-corrected chi connectivity index (χ2v) is 6.81. The lowest BCUT2D eigenvalue weighted by Gasteiger charge is -2.22. The summed E-state index contributed by atoms with van der Waals surface area (Å²) in [7, 11) is 0. The van der Waals surface area contributed by atoms with E-state index in [2.05, 4.69) is 37.2 Å². The molecule has 5 heteroatoms. The van der Waals surface area contributed by atoms with Crippen molar-refractivity contribution in [2.75, 3.05) is 0 Å². The number of aliphatic hydroxyl groups excluding tert-OH is 1. The molecule has 19 heavy (non-hydrogen) atoms. The van der Waals surface area contributed by atoms with Crippen LogP contribution in [0.2, 0.25) is 0 Å². The van der Waals surface area contributed by atoms with Gasteiger partial charge in [0.05, 0.1) is 15.0 Å². The van der Waals surface area contributed by atoms with Gasteiger partial charge in [-0.05, 0) is 62.4 Å². The molecule has 0 aromatic heterocycles. The van der Waals surface area contributed by atoms with Gasteiger partial charge in [0.15, 0.2) is 0 Å². The van der Waals surface area contributed by atoms with Crippen LogP contribution in [0.25, 0.3) is 0 Å². The molecule has 106 valence electrons. The third-order valence-corrected chi connectivity index (χ3v) is 4.83. The molecule has 0 spiro atoms. The molecule has 0 amide bonds. The molecule has 2 atom stereocenters. The van der Waals surface area contributed by atoms with Crippen LogP contribution < -0.4 is 5.32 Å². The van der Waals surface area contributed by atoms with E-state index in [-0.39, 0.29) is 17.9 Å². The summed E-state index contributed by atoms with van der Waals surface area (Å²) in [5.74, 6) is 0.221. The highest BCUT2D eigenvalue weighted by Gasteiger charge is 2.20. The highest BCUT2D eigenvalue weighted by molar-refractivity contribution is 9.11. The molecule has 3 nitrogen and oxygen atoms in total. The maximum atomic E-state index is 10.1. The van der Waals surface area contributed by atoms with E-state index in [1.807, 2.05) is 12.1 Å². The Bertz CT molecular complexity index is 416. The number of hydrogen-bond donors (Lipinski definition) is 3. The number of aromatic hydroxyl groups is 1. The molecule has 2 rings (SSSR count). The first-order valence-electron chi connectivity index (χ1n) is 6.66. The number of nitrogens with one attached hydrogen (secondary N) is 1. The van der Waals surface area contributed by atoms with Crippen molar-refractivity contribution in [3.8, 4) is 5.75 Å². The minimum absolute atomic E-state index is 0.175. The molecule has 0 radical (unpaired) electrons. The molecule has 0 saturated heterocycles. The number of aliphatic hydroxyl groups is 1. The van der Waals surface area contributed by atoms with Crippen molar-refractivity contribution in [1.29, 1.82) is 0 Å². The van der Waals surface area contributed by atoms with Gasteiger partial charge in [-0.2, -0.15) is 0 Å². The van der Waals surface area contributed by atoms with Crippen molar-refractivity contribution in [2.24, 2.45) is 0 Å². The van der Waals surface area contributed by atoms with Gasteiger partial charge in [-0.25, -0.2) is 0 Å². The van der Waals surface area contributed by atoms with Crippen LogP contribution in [0.1, 0.15) is 37.7 Å². The highest BCUT2D eigenvalue weighted by Crippen LogP contribution is 2.33. The van der Waals surface area contributed by atoms with Gasteiger partial charge in [0.25, 0.3) is 0 Å². The fraction of sp³-hybridized carbons (Fsp3) is 0.571. The SMILES string of the molecule is Oc1c(Br)cc(CNC2CCCCCC2O)cc1Br. The zero-order valence-corrected chi connectivity index (χ0v) is 13.9. The summed E-state index contributed by atoms with van der Waals surface area (Å²) in [6, 6.07) is 3.97. The molecule has 1 aliphatic rings. The Morgan fingerprint density at radius 2 is 1.74 bits per heavy atom. The molecule has 1 saturated carbocycles. The first-order valence-corrected chi connectivity index (χ1v) is 8.25. The Morgan fingerprint density at radius 1 is 1.11 bits per heavy atom. The van der Waals surface area contributed by atoms with Crippen molar-refractivity contribution in [3.05, 3.63) is 26.6 Å². The van der Waals surface area contributed by atoms with Crippen LogP contribution >= 0.6 is 31.9 Å². The third kappa shape index (κ3) is 4.18. The van der Waals surface area contributed by atoms with Crippen molar-refractivity contribution in [2.45, 2.75) is 50.8 Å². The second-order valence-electron chi connectivity index (χ2n) is 5.10. The number of phenols is 1. The Kier molecular flexibility index (Phi) is 5.69. The quantitative estimate of drug-likeness (QED) is 0.687. The summed E-state index contributed by atoms with van der Waals surface area (Å²) < 4.78 is 1.36. The molecule has 1 aromatic carbocycles. The van der Waals surface area contributed by atoms with Crippen LogP contribution in [-0.4, -0.2) is 22.4 Å². The Balaban J connectivity index is 1.98. The van der Waals surface area contributed by atoms with Gasteiger partial charge in [0.1, 0.15) is 5.75 Å². The molecule has 3 N–H and O–H groups in total. The topological polar surface area (TPSA) is 52.5 Å². The molecule has 2 unspecified atom stereocenters. The molecule has 0 aliphatic heterocycles. The average Bonchev–Trinajstić information content (AvgIpc) is 2.58. The average molecular weight is 393 g/mol. The van der Waals surface area contributed by atoms with Crippen molar-refractivity contribution < 1.29 is 10.2 Å². The summed E-state index contributed by atoms with van der Waals surface area (Å²) in [6.07, 6.45) is 5.19. The van der Waals surface area contributed by atoms with Gasteiger partial charge < -0.3 is 15.5 Å². The molecule has 0 bridgehead atoms. The van der Waals surface area contributed by atoms with Crippen LogP contribution in [0.3, 0.4) is 0 Å². The van der Waals surface area contributed by atoms with E-state index in [0.717, 1.165) is 24.8 Å². The van der Waals surface area contributed by atoms with E-state index in [9.17, 15) is 10.2 Å². The van der Waals surface area contributed by atoms with E-state index >= 15 is 0 Å². The first kappa shape index (κ1) is 15.3. The van der Waals surface area contributed by atoms with Crippen LogP contribution in [-0.2, 0) is 6.54 Å². The standard InChI is InChI=1S/C14H19Br2NO2/c15-10-6-9(7-11(16)14(10)19)8-17-12-4-2-1-3-5-13(12)18/h6-7,12-13,17-19H,1-5,8H2. The summed E-state index contributed by atoms with van der Waals surface area (Å²) in [5.41, 5.74) is 1.08. The summed E-state index contributed by atoms with van der Waals surface area (Å²) in [4.78, 5) is 0. The molecule has 1 aliphatic carbocycles. The van der Waals surface area contributed by atoms with Gasteiger partial charge in [0.2, 0.25) is 0 Å². The van der Waals surface area contributed by atoms with Crippen molar-refractivity contribution >= 4 is 31.9 Å². The van der Waals surface area contributed by atoms with Crippen LogP contribution in [0.5, 0.6) is 5.75 Å².